The quantitative estimate of drug-likeness (QED) is 0.757. The Morgan fingerprint density at radius 2 is 2.00 bits per heavy atom. The average Bonchev–Trinajstić information content (AvgIpc) is 2.25. The molecule has 1 aliphatic rings. The van der Waals surface area contributed by atoms with Gasteiger partial charge < -0.3 is 14.9 Å². The summed E-state index contributed by atoms with van der Waals surface area (Å²) in [6.45, 7) is 6.78. The van der Waals surface area contributed by atoms with Gasteiger partial charge in [-0.25, -0.2) is 0 Å². The van der Waals surface area contributed by atoms with Gasteiger partial charge in [-0.15, -0.1) is 0 Å². The summed E-state index contributed by atoms with van der Waals surface area (Å²) in [5.74, 6) is 1.94. The van der Waals surface area contributed by atoms with Crippen LogP contribution in [0.25, 0.3) is 0 Å². The second-order valence-electron chi connectivity index (χ2n) is 5.53. The van der Waals surface area contributed by atoms with E-state index in [1.165, 1.54) is 12.8 Å². The van der Waals surface area contributed by atoms with Gasteiger partial charge in [-0.2, -0.15) is 0 Å². The minimum Gasteiger partial charge on any atom is -0.394 e. The van der Waals surface area contributed by atoms with E-state index in [-0.39, 0.29) is 19.3 Å². The zero-order chi connectivity index (χ0) is 12.1. The Morgan fingerprint density at radius 1 is 1.31 bits per heavy atom. The lowest BCUT2D eigenvalue weighted by atomic mass is 9.75. The lowest BCUT2D eigenvalue weighted by Crippen LogP contribution is -2.36. The maximum Gasteiger partial charge on any atom is 0.100 e. The van der Waals surface area contributed by atoms with Gasteiger partial charge in [0.05, 0.1) is 19.3 Å². The highest BCUT2D eigenvalue weighted by molar-refractivity contribution is 4.81. The first-order valence-corrected chi connectivity index (χ1v) is 6.45. The van der Waals surface area contributed by atoms with Crippen molar-refractivity contribution in [2.75, 3.05) is 13.2 Å². The molecule has 0 bridgehead atoms. The van der Waals surface area contributed by atoms with Gasteiger partial charge in [0, 0.05) is 0 Å². The van der Waals surface area contributed by atoms with E-state index in [0.717, 1.165) is 6.42 Å². The molecule has 0 aromatic heterocycles. The van der Waals surface area contributed by atoms with E-state index >= 15 is 0 Å². The van der Waals surface area contributed by atoms with Crippen molar-refractivity contribution in [1.29, 1.82) is 0 Å². The number of aliphatic hydroxyl groups is 2. The smallest absolute Gasteiger partial charge is 0.100 e. The monoisotopic (exact) mass is 230 g/mol. The van der Waals surface area contributed by atoms with E-state index in [0.29, 0.717) is 17.8 Å². The van der Waals surface area contributed by atoms with Gasteiger partial charge in [-0.3, -0.25) is 0 Å². The van der Waals surface area contributed by atoms with Crippen LogP contribution in [0.5, 0.6) is 0 Å². The number of aliphatic hydroxyl groups excluding tert-OH is 2. The average molecular weight is 230 g/mol. The highest BCUT2D eigenvalue weighted by Crippen LogP contribution is 2.35. The molecular formula is C13H26O3. The Kier molecular flexibility index (Phi) is 5.73. The summed E-state index contributed by atoms with van der Waals surface area (Å²) in [5.41, 5.74) is 0. The first-order valence-electron chi connectivity index (χ1n) is 6.45. The van der Waals surface area contributed by atoms with Crippen LogP contribution in [0.1, 0.15) is 40.0 Å². The molecule has 3 nitrogen and oxygen atoms in total. The second-order valence-corrected chi connectivity index (χ2v) is 5.53. The fourth-order valence-corrected chi connectivity index (χ4v) is 2.59. The third-order valence-electron chi connectivity index (χ3n) is 3.67. The van der Waals surface area contributed by atoms with Crippen molar-refractivity contribution in [2.24, 2.45) is 17.8 Å². The van der Waals surface area contributed by atoms with E-state index < -0.39 is 6.10 Å². The van der Waals surface area contributed by atoms with Crippen molar-refractivity contribution < 1.29 is 14.9 Å². The Labute approximate surface area is 98.8 Å². The van der Waals surface area contributed by atoms with Gasteiger partial charge in [0.15, 0.2) is 0 Å². The van der Waals surface area contributed by atoms with Crippen LogP contribution >= 0.6 is 0 Å². The van der Waals surface area contributed by atoms with Crippen molar-refractivity contribution in [3.63, 3.8) is 0 Å². The van der Waals surface area contributed by atoms with Crippen LogP contribution in [0.3, 0.4) is 0 Å². The van der Waals surface area contributed by atoms with Gasteiger partial charge in [0.1, 0.15) is 6.10 Å². The second kappa shape index (κ2) is 6.58. The van der Waals surface area contributed by atoms with Crippen LogP contribution in [0.2, 0.25) is 0 Å². The van der Waals surface area contributed by atoms with Gasteiger partial charge in [0.25, 0.3) is 0 Å². The molecule has 1 aliphatic carbocycles. The molecule has 16 heavy (non-hydrogen) atoms. The van der Waals surface area contributed by atoms with E-state index in [1.807, 2.05) is 0 Å². The molecule has 0 spiro atoms. The lowest BCUT2D eigenvalue weighted by Gasteiger charge is -2.37. The minimum absolute atomic E-state index is 0.214. The molecule has 0 amide bonds. The fourth-order valence-electron chi connectivity index (χ4n) is 2.59. The summed E-state index contributed by atoms with van der Waals surface area (Å²) in [6, 6.07) is 0. The SMILES string of the molecule is CC(C)[C@H]1CC[C@@H](C)C[C@@H]1OC[C@H](O)CO. The molecule has 0 heterocycles. The number of hydrogen-bond donors (Lipinski definition) is 2. The predicted molar refractivity (Wildman–Crippen MR) is 64.2 cm³/mol. The maximum absolute atomic E-state index is 9.30. The highest BCUT2D eigenvalue weighted by atomic mass is 16.5. The van der Waals surface area contributed by atoms with Gasteiger partial charge in [-0.05, 0) is 30.6 Å². The van der Waals surface area contributed by atoms with Crippen molar-refractivity contribution in [2.45, 2.75) is 52.2 Å². The molecule has 1 saturated carbocycles. The normalized spacial score (nSPS) is 33.0. The minimum atomic E-state index is -0.731. The third-order valence-corrected chi connectivity index (χ3v) is 3.67. The Bertz CT molecular complexity index is 194. The molecule has 3 heteroatoms. The van der Waals surface area contributed by atoms with Crippen LogP contribution in [-0.4, -0.2) is 35.6 Å². The molecule has 4 atom stereocenters. The molecule has 0 aliphatic heterocycles. The van der Waals surface area contributed by atoms with E-state index in [9.17, 15) is 5.11 Å². The van der Waals surface area contributed by atoms with Crippen LogP contribution in [0.4, 0.5) is 0 Å². The summed E-state index contributed by atoms with van der Waals surface area (Å²) in [7, 11) is 0. The number of hydrogen-bond acceptors (Lipinski definition) is 3. The standard InChI is InChI=1S/C13H26O3/c1-9(2)12-5-4-10(3)6-13(12)16-8-11(15)7-14/h9-15H,4-8H2,1-3H3/t10-,11-,12-,13+/m1/s1. The molecule has 0 radical (unpaired) electrons. The summed E-state index contributed by atoms with van der Waals surface area (Å²) in [6.07, 6.45) is 3.11. The summed E-state index contributed by atoms with van der Waals surface area (Å²) >= 11 is 0. The number of rotatable bonds is 5. The van der Waals surface area contributed by atoms with Gasteiger partial charge in [0.2, 0.25) is 0 Å². The van der Waals surface area contributed by atoms with Crippen molar-refractivity contribution in [1.82, 2.24) is 0 Å². The lowest BCUT2D eigenvalue weighted by molar-refractivity contribution is -0.0776. The zero-order valence-corrected chi connectivity index (χ0v) is 10.7. The predicted octanol–water partition coefficient (Wildman–Crippen LogP) is 1.82. The Balaban J connectivity index is 2.44. The van der Waals surface area contributed by atoms with E-state index in [4.69, 9.17) is 9.84 Å². The molecular weight excluding hydrogens is 204 g/mol. The van der Waals surface area contributed by atoms with Crippen molar-refractivity contribution in [3.05, 3.63) is 0 Å². The van der Waals surface area contributed by atoms with Crippen LogP contribution < -0.4 is 0 Å². The van der Waals surface area contributed by atoms with Crippen molar-refractivity contribution in [3.8, 4) is 0 Å². The maximum atomic E-state index is 9.30. The summed E-state index contributed by atoms with van der Waals surface area (Å²) in [5, 5.41) is 18.1. The molecule has 1 rings (SSSR count). The first-order chi connectivity index (χ1) is 7.54. The third kappa shape index (κ3) is 4.04. The first kappa shape index (κ1) is 13.9. The van der Waals surface area contributed by atoms with Gasteiger partial charge in [-0.1, -0.05) is 27.2 Å². The molecule has 96 valence electrons. The molecule has 2 N–H and O–H groups in total. The molecule has 0 saturated heterocycles. The Hall–Kier alpha value is -0.120. The molecule has 1 fully saturated rings. The van der Waals surface area contributed by atoms with E-state index in [1.54, 1.807) is 0 Å². The van der Waals surface area contributed by atoms with Crippen LogP contribution in [0.15, 0.2) is 0 Å². The largest absolute Gasteiger partial charge is 0.394 e. The molecule has 0 aromatic carbocycles. The van der Waals surface area contributed by atoms with Crippen LogP contribution in [-0.2, 0) is 4.74 Å². The molecule has 0 aromatic rings. The zero-order valence-electron chi connectivity index (χ0n) is 10.7. The van der Waals surface area contributed by atoms with Crippen LogP contribution in [0, 0.1) is 17.8 Å². The van der Waals surface area contributed by atoms with Crippen molar-refractivity contribution >= 4 is 0 Å². The fraction of sp³-hybridized carbons (Fsp3) is 1.00. The summed E-state index contributed by atoms with van der Waals surface area (Å²) in [4.78, 5) is 0. The molecule has 0 unspecified atom stereocenters. The summed E-state index contributed by atoms with van der Waals surface area (Å²) < 4.78 is 5.77. The highest BCUT2D eigenvalue weighted by Gasteiger charge is 2.31. The topological polar surface area (TPSA) is 49.7 Å². The number of ether oxygens (including phenoxy) is 1. The van der Waals surface area contributed by atoms with Gasteiger partial charge >= 0.3 is 0 Å². The Morgan fingerprint density at radius 3 is 2.56 bits per heavy atom. The van der Waals surface area contributed by atoms with E-state index in [2.05, 4.69) is 20.8 Å².